The van der Waals surface area contributed by atoms with Crippen LogP contribution in [0.1, 0.15) is 25.3 Å². The van der Waals surface area contributed by atoms with E-state index in [0.717, 1.165) is 12.8 Å². The summed E-state index contributed by atoms with van der Waals surface area (Å²) in [4.78, 5) is 16.8. The van der Waals surface area contributed by atoms with Crippen molar-refractivity contribution in [2.24, 2.45) is 16.1 Å². The number of methoxy groups -OCH3 is 1. The summed E-state index contributed by atoms with van der Waals surface area (Å²) >= 11 is 0. The van der Waals surface area contributed by atoms with E-state index in [-0.39, 0.29) is 19.1 Å². The van der Waals surface area contributed by atoms with Crippen molar-refractivity contribution in [1.29, 1.82) is 0 Å². The highest BCUT2D eigenvalue weighted by Crippen LogP contribution is 2.46. The number of rotatable bonds is 5. The molecule has 0 aromatic heterocycles. The zero-order valence-corrected chi connectivity index (χ0v) is 13.9. The zero-order chi connectivity index (χ0) is 17.4. The van der Waals surface area contributed by atoms with Gasteiger partial charge in [0.05, 0.1) is 18.6 Å². The van der Waals surface area contributed by atoms with Crippen molar-refractivity contribution in [3.8, 4) is 0 Å². The van der Waals surface area contributed by atoms with Crippen LogP contribution in [0.25, 0.3) is 0 Å². The van der Waals surface area contributed by atoms with Gasteiger partial charge in [0.25, 0.3) is 0 Å². The summed E-state index contributed by atoms with van der Waals surface area (Å²) in [5.74, 6) is -0.180. The molecule has 0 spiro atoms. The van der Waals surface area contributed by atoms with E-state index < -0.39 is 16.8 Å². The number of anilines is 1. The molecular formula is C17H22FN3O3. The molecule has 0 saturated heterocycles. The fraction of sp³-hybridized carbons (Fsp3) is 0.529. The van der Waals surface area contributed by atoms with Crippen molar-refractivity contribution in [3.05, 3.63) is 29.6 Å². The number of nitrogens with zero attached hydrogens (tertiary/aromatic N) is 1. The van der Waals surface area contributed by atoms with Crippen LogP contribution in [0.4, 0.5) is 10.1 Å². The van der Waals surface area contributed by atoms with Crippen LogP contribution in [0, 0.1) is 11.2 Å². The summed E-state index contributed by atoms with van der Waals surface area (Å²) in [5, 5.41) is 2.86. The van der Waals surface area contributed by atoms with Gasteiger partial charge in [0, 0.05) is 18.4 Å². The highest BCUT2D eigenvalue weighted by molar-refractivity contribution is 5.97. The average Bonchev–Trinajstić information content (AvgIpc) is 3.30. The Morgan fingerprint density at radius 2 is 2.25 bits per heavy atom. The number of nitrogens with two attached hydrogens (primary N) is 1. The molecule has 0 radical (unpaired) electrons. The second-order valence-corrected chi connectivity index (χ2v) is 6.73. The van der Waals surface area contributed by atoms with Gasteiger partial charge in [-0.05, 0) is 38.0 Å². The molecule has 1 aromatic rings. The minimum Gasteiger partial charge on any atom is -0.386 e. The lowest BCUT2D eigenvalue weighted by Crippen LogP contribution is -2.38. The van der Waals surface area contributed by atoms with Gasteiger partial charge < -0.3 is 20.5 Å². The molecule has 7 heteroatoms. The first-order valence-corrected chi connectivity index (χ1v) is 7.91. The molecule has 6 nitrogen and oxygen atoms in total. The number of halogens is 1. The molecule has 0 unspecified atom stereocenters. The van der Waals surface area contributed by atoms with Gasteiger partial charge in [-0.1, -0.05) is 0 Å². The van der Waals surface area contributed by atoms with Gasteiger partial charge in [-0.3, -0.25) is 9.79 Å². The van der Waals surface area contributed by atoms with E-state index in [1.807, 2.05) is 0 Å². The van der Waals surface area contributed by atoms with Crippen LogP contribution >= 0.6 is 0 Å². The summed E-state index contributed by atoms with van der Waals surface area (Å²) in [5.41, 5.74) is 5.25. The number of ether oxygens (including phenoxy) is 2. The van der Waals surface area contributed by atoms with Gasteiger partial charge in [-0.25, -0.2) is 4.39 Å². The third-order valence-corrected chi connectivity index (χ3v) is 4.58. The first kappa shape index (κ1) is 16.9. The molecule has 1 heterocycles. The highest BCUT2D eigenvalue weighted by Gasteiger charge is 2.50. The predicted molar refractivity (Wildman–Crippen MR) is 88.4 cm³/mol. The van der Waals surface area contributed by atoms with Crippen LogP contribution in [0.15, 0.2) is 23.2 Å². The maximum atomic E-state index is 14.3. The van der Waals surface area contributed by atoms with Crippen molar-refractivity contribution < 1.29 is 18.7 Å². The fourth-order valence-electron chi connectivity index (χ4n) is 3.02. The van der Waals surface area contributed by atoms with Crippen molar-refractivity contribution in [2.75, 3.05) is 32.2 Å². The minimum absolute atomic E-state index is 0.102. The normalized spacial score (nSPS) is 25.0. The van der Waals surface area contributed by atoms with Crippen LogP contribution in [0.5, 0.6) is 0 Å². The Morgan fingerprint density at radius 3 is 2.88 bits per heavy atom. The Labute approximate surface area is 140 Å². The molecule has 1 aromatic carbocycles. The summed E-state index contributed by atoms with van der Waals surface area (Å²) < 4.78 is 24.9. The van der Waals surface area contributed by atoms with Gasteiger partial charge in [-0.15, -0.1) is 0 Å². The van der Waals surface area contributed by atoms with Crippen LogP contribution in [0.2, 0.25) is 0 Å². The van der Waals surface area contributed by atoms with Crippen molar-refractivity contribution in [3.63, 3.8) is 0 Å². The number of carbonyl (C=O) groups is 1. The molecule has 1 atom stereocenters. The molecule has 2 aliphatic rings. The lowest BCUT2D eigenvalue weighted by atomic mass is 9.91. The number of aliphatic imine (C=N–C) groups is 1. The van der Waals surface area contributed by atoms with Crippen molar-refractivity contribution in [2.45, 2.75) is 25.3 Å². The zero-order valence-electron chi connectivity index (χ0n) is 13.9. The quantitative estimate of drug-likeness (QED) is 0.859. The molecule has 130 valence electrons. The van der Waals surface area contributed by atoms with Crippen LogP contribution < -0.4 is 11.1 Å². The fourth-order valence-corrected chi connectivity index (χ4v) is 3.02. The van der Waals surface area contributed by atoms with Gasteiger partial charge in [0.2, 0.25) is 5.91 Å². The number of carbonyl (C=O) groups excluding carboxylic acids is 1. The lowest BCUT2D eigenvalue weighted by Gasteiger charge is -2.30. The summed E-state index contributed by atoms with van der Waals surface area (Å²) in [6.07, 6.45) is 1.60. The number of nitrogens with one attached hydrogen (secondary N) is 1. The minimum atomic E-state index is -0.906. The topological polar surface area (TPSA) is 85.9 Å². The van der Waals surface area contributed by atoms with Gasteiger partial charge in [-0.2, -0.15) is 0 Å². The second kappa shape index (κ2) is 6.14. The number of benzene rings is 1. The first-order valence-electron chi connectivity index (χ1n) is 7.91. The van der Waals surface area contributed by atoms with Crippen molar-refractivity contribution in [1.82, 2.24) is 0 Å². The van der Waals surface area contributed by atoms with Crippen LogP contribution in [-0.4, -0.2) is 38.7 Å². The maximum Gasteiger partial charge on any atom is 0.232 e. The third kappa shape index (κ3) is 3.14. The summed E-state index contributed by atoms with van der Waals surface area (Å²) in [7, 11) is 1.58. The third-order valence-electron chi connectivity index (χ3n) is 4.58. The highest BCUT2D eigenvalue weighted by atomic mass is 19.1. The Kier molecular flexibility index (Phi) is 4.31. The predicted octanol–water partition coefficient (Wildman–Crippen LogP) is 1.79. The van der Waals surface area contributed by atoms with E-state index >= 15 is 0 Å². The monoisotopic (exact) mass is 335 g/mol. The van der Waals surface area contributed by atoms with Crippen LogP contribution in [-0.2, 0) is 19.8 Å². The second-order valence-electron chi connectivity index (χ2n) is 6.73. The Hall–Kier alpha value is -1.99. The number of amidine groups is 1. The summed E-state index contributed by atoms with van der Waals surface area (Å²) in [6, 6.07) is 4.47. The van der Waals surface area contributed by atoms with E-state index in [0.29, 0.717) is 23.7 Å². The number of amides is 1. The van der Waals surface area contributed by atoms with E-state index in [1.54, 1.807) is 26.2 Å². The largest absolute Gasteiger partial charge is 0.386 e. The number of hydrogen-bond donors (Lipinski definition) is 2. The summed E-state index contributed by atoms with van der Waals surface area (Å²) in [6.45, 7) is 2.62. The SMILES string of the molecule is COCC1(C(=O)Nc2ccc(F)c([C@]3(C)COCC(N)=N3)c2)CC1. The molecule has 3 N–H and O–H groups in total. The van der Waals surface area contributed by atoms with E-state index in [9.17, 15) is 9.18 Å². The Bertz CT molecular complexity index is 688. The molecule has 0 bridgehead atoms. The van der Waals surface area contributed by atoms with Crippen molar-refractivity contribution >= 4 is 17.4 Å². The molecule has 1 saturated carbocycles. The molecule has 3 rings (SSSR count). The van der Waals surface area contributed by atoms with Gasteiger partial charge in [0.1, 0.15) is 23.8 Å². The maximum absolute atomic E-state index is 14.3. The first-order chi connectivity index (χ1) is 11.4. The molecule has 24 heavy (non-hydrogen) atoms. The Balaban J connectivity index is 1.85. The van der Waals surface area contributed by atoms with Crippen LogP contribution in [0.3, 0.4) is 0 Å². The number of hydrogen-bond acceptors (Lipinski definition) is 5. The molecule has 1 fully saturated rings. The molecule has 1 aliphatic heterocycles. The average molecular weight is 335 g/mol. The van der Waals surface area contributed by atoms with Gasteiger partial charge in [0.15, 0.2) is 0 Å². The molecular weight excluding hydrogens is 313 g/mol. The molecule has 1 aliphatic carbocycles. The molecule has 1 amide bonds. The standard InChI is InChI=1S/C17H22FN3O3/c1-16(9-24-8-14(19)21-16)12-7-11(3-4-13(12)18)20-15(22)17(5-6-17)10-23-2/h3-4,7H,5-6,8-10H2,1-2H3,(H2,19,21)(H,20,22)/t16-/m0/s1. The van der Waals surface area contributed by atoms with Gasteiger partial charge >= 0.3 is 0 Å². The van der Waals surface area contributed by atoms with E-state index in [4.69, 9.17) is 15.2 Å². The lowest BCUT2D eigenvalue weighted by molar-refractivity contribution is -0.122. The van der Waals surface area contributed by atoms with E-state index in [1.165, 1.54) is 6.07 Å². The Morgan fingerprint density at radius 1 is 1.50 bits per heavy atom. The van der Waals surface area contributed by atoms with E-state index in [2.05, 4.69) is 10.3 Å². The smallest absolute Gasteiger partial charge is 0.232 e.